The van der Waals surface area contributed by atoms with Crippen LogP contribution in [0, 0.1) is 6.92 Å². The molecule has 0 fully saturated rings. The second-order valence-corrected chi connectivity index (χ2v) is 5.37. The van der Waals surface area contributed by atoms with E-state index >= 15 is 0 Å². The Balaban J connectivity index is 0.00000192. The van der Waals surface area contributed by atoms with Crippen molar-refractivity contribution in [1.29, 1.82) is 0 Å². The number of anilines is 2. The summed E-state index contributed by atoms with van der Waals surface area (Å²) in [4.78, 5) is 0. The Hall–Kier alpha value is -2.52. The van der Waals surface area contributed by atoms with E-state index in [0.717, 1.165) is 23.5 Å². The number of benzene rings is 2. The van der Waals surface area contributed by atoms with Gasteiger partial charge in [0.15, 0.2) is 18.9 Å². The molecule has 118 valence electrons. The van der Waals surface area contributed by atoms with Crippen LogP contribution >= 0.6 is 0 Å². The van der Waals surface area contributed by atoms with Gasteiger partial charge in [0.1, 0.15) is 5.75 Å². The molecular formula is C19H19ClN2O. The van der Waals surface area contributed by atoms with E-state index in [0.29, 0.717) is 5.75 Å². The number of phenols is 1. The van der Waals surface area contributed by atoms with Crippen molar-refractivity contribution in [2.45, 2.75) is 13.5 Å². The number of aryl methyl sites for hydroxylation is 1. The molecule has 1 aromatic heterocycles. The molecule has 3 nitrogen and oxygen atoms in total. The third-order valence-electron chi connectivity index (χ3n) is 3.57. The summed E-state index contributed by atoms with van der Waals surface area (Å²) in [6, 6.07) is 20.0. The fourth-order valence-corrected chi connectivity index (χ4v) is 2.35. The highest BCUT2D eigenvalue weighted by Gasteiger charge is 2.04. The van der Waals surface area contributed by atoms with Gasteiger partial charge >= 0.3 is 0 Å². The summed E-state index contributed by atoms with van der Waals surface area (Å²) in [5, 5.41) is 13.1. The number of halogens is 1. The SMILES string of the molecule is Cc1ccc(Nc2cccc(C[n+]3ccccc3)c2)cc1O.[Cl-]. The van der Waals surface area contributed by atoms with Gasteiger partial charge in [0, 0.05) is 35.1 Å². The molecule has 0 atom stereocenters. The number of nitrogens with zero attached hydrogens (tertiary/aromatic N) is 1. The number of nitrogens with one attached hydrogen (secondary N) is 1. The highest BCUT2D eigenvalue weighted by molar-refractivity contribution is 5.62. The number of aromatic nitrogens is 1. The quantitative estimate of drug-likeness (QED) is 0.695. The summed E-state index contributed by atoms with van der Waals surface area (Å²) in [7, 11) is 0. The Morgan fingerprint density at radius 1 is 0.913 bits per heavy atom. The van der Waals surface area contributed by atoms with Crippen molar-refractivity contribution >= 4 is 11.4 Å². The zero-order chi connectivity index (χ0) is 15.4. The second kappa shape index (κ2) is 7.65. The van der Waals surface area contributed by atoms with Crippen molar-refractivity contribution in [3.63, 3.8) is 0 Å². The molecule has 0 amide bonds. The lowest BCUT2D eigenvalue weighted by Gasteiger charge is -2.09. The minimum absolute atomic E-state index is 0. The fraction of sp³-hybridized carbons (Fsp3) is 0.105. The third kappa shape index (κ3) is 4.47. The van der Waals surface area contributed by atoms with Crippen molar-refractivity contribution in [2.75, 3.05) is 5.32 Å². The van der Waals surface area contributed by atoms with Crippen molar-refractivity contribution in [3.8, 4) is 5.75 Å². The molecule has 0 saturated carbocycles. The van der Waals surface area contributed by atoms with Gasteiger partial charge in [-0.2, -0.15) is 0 Å². The van der Waals surface area contributed by atoms with Crippen molar-refractivity contribution < 1.29 is 22.1 Å². The average molecular weight is 327 g/mol. The summed E-state index contributed by atoms with van der Waals surface area (Å²) in [5.74, 6) is 0.306. The molecule has 2 N–H and O–H groups in total. The van der Waals surface area contributed by atoms with Gasteiger partial charge in [-0.05, 0) is 30.7 Å². The van der Waals surface area contributed by atoms with Crippen LogP contribution in [0.1, 0.15) is 11.1 Å². The van der Waals surface area contributed by atoms with Crippen LogP contribution in [0.25, 0.3) is 0 Å². The molecule has 0 aliphatic rings. The average Bonchev–Trinajstić information content (AvgIpc) is 2.52. The maximum atomic E-state index is 9.78. The lowest BCUT2D eigenvalue weighted by atomic mass is 10.1. The lowest BCUT2D eigenvalue weighted by molar-refractivity contribution is -0.688. The molecule has 3 aromatic rings. The van der Waals surface area contributed by atoms with Crippen LogP contribution in [-0.2, 0) is 6.54 Å². The van der Waals surface area contributed by atoms with Crippen LogP contribution in [-0.4, -0.2) is 5.11 Å². The van der Waals surface area contributed by atoms with Crippen molar-refractivity contribution in [3.05, 3.63) is 84.2 Å². The molecule has 0 radical (unpaired) electrons. The van der Waals surface area contributed by atoms with Crippen LogP contribution in [0.4, 0.5) is 11.4 Å². The molecule has 0 spiro atoms. The standard InChI is InChI=1S/C19H18N2O.ClH/c1-15-8-9-18(13-19(15)22)20-17-7-5-6-16(12-17)14-21-10-3-2-4-11-21;/h2-13,20H,14H2,1H3;1H. The molecule has 0 bridgehead atoms. The Morgan fingerprint density at radius 2 is 1.65 bits per heavy atom. The summed E-state index contributed by atoms with van der Waals surface area (Å²) < 4.78 is 2.14. The first-order valence-electron chi connectivity index (χ1n) is 7.30. The number of pyridine rings is 1. The van der Waals surface area contributed by atoms with Gasteiger partial charge in [-0.15, -0.1) is 0 Å². The van der Waals surface area contributed by atoms with E-state index in [-0.39, 0.29) is 12.4 Å². The zero-order valence-corrected chi connectivity index (χ0v) is 13.7. The van der Waals surface area contributed by atoms with Gasteiger partial charge in [0.2, 0.25) is 0 Å². The van der Waals surface area contributed by atoms with E-state index < -0.39 is 0 Å². The molecule has 4 heteroatoms. The predicted molar refractivity (Wildman–Crippen MR) is 88.3 cm³/mol. The van der Waals surface area contributed by atoms with Crippen molar-refractivity contribution in [2.24, 2.45) is 0 Å². The van der Waals surface area contributed by atoms with E-state index in [4.69, 9.17) is 0 Å². The van der Waals surface area contributed by atoms with E-state index in [1.807, 2.05) is 49.4 Å². The first-order chi connectivity index (χ1) is 10.7. The zero-order valence-electron chi connectivity index (χ0n) is 12.9. The number of rotatable bonds is 4. The van der Waals surface area contributed by atoms with E-state index in [1.165, 1.54) is 5.56 Å². The summed E-state index contributed by atoms with van der Waals surface area (Å²) in [5.41, 5.74) is 3.99. The number of phenolic OH excluding ortho intramolecular Hbond substituents is 1. The molecular weight excluding hydrogens is 308 g/mol. The minimum atomic E-state index is 0. The van der Waals surface area contributed by atoms with Gasteiger partial charge in [-0.25, -0.2) is 4.57 Å². The molecule has 0 unspecified atom stereocenters. The molecule has 1 heterocycles. The van der Waals surface area contributed by atoms with Crippen LogP contribution in [0.2, 0.25) is 0 Å². The van der Waals surface area contributed by atoms with E-state index in [2.05, 4.69) is 34.4 Å². The maximum absolute atomic E-state index is 9.78. The Kier molecular flexibility index (Phi) is 5.61. The monoisotopic (exact) mass is 326 g/mol. The van der Waals surface area contributed by atoms with Crippen LogP contribution in [0.15, 0.2) is 73.1 Å². The Labute approximate surface area is 142 Å². The summed E-state index contributed by atoms with van der Waals surface area (Å²) in [6.07, 6.45) is 4.11. The number of aromatic hydroxyl groups is 1. The highest BCUT2D eigenvalue weighted by atomic mass is 35.5. The maximum Gasteiger partial charge on any atom is 0.173 e. The van der Waals surface area contributed by atoms with Crippen LogP contribution in [0.3, 0.4) is 0 Å². The second-order valence-electron chi connectivity index (χ2n) is 5.37. The van der Waals surface area contributed by atoms with E-state index in [1.54, 1.807) is 6.07 Å². The van der Waals surface area contributed by atoms with E-state index in [9.17, 15) is 5.11 Å². The smallest absolute Gasteiger partial charge is 0.173 e. The Morgan fingerprint density at radius 3 is 2.39 bits per heavy atom. The first kappa shape index (κ1) is 16.8. The minimum Gasteiger partial charge on any atom is -1.00 e. The lowest BCUT2D eigenvalue weighted by Crippen LogP contribution is -3.00. The number of hydrogen-bond acceptors (Lipinski definition) is 2. The molecule has 0 aliphatic carbocycles. The fourth-order valence-electron chi connectivity index (χ4n) is 2.35. The largest absolute Gasteiger partial charge is 1.00 e. The predicted octanol–water partition coefficient (Wildman–Crippen LogP) is 0.784. The molecule has 2 aromatic carbocycles. The molecule has 0 saturated heterocycles. The first-order valence-corrected chi connectivity index (χ1v) is 7.30. The summed E-state index contributed by atoms with van der Waals surface area (Å²) in [6.45, 7) is 2.71. The highest BCUT2D eigenvalue weighted by Crippen LogP contribution is 2.24. The number of hydrogen-bond donors (Lipinski definition) is 2. The third-order valence-corrected chi connectivity index (χ3v) is 3.57. The Bertz CT molecular complexity index is 775. The van der Waals surface area contributed by atoms with Crippen LogP contribution < -0.4 is 22.3 Å². The summed E-state index contributed by atoms with van der Waals surface area (Å²) >= 11 is 0. The van der Waals surface area contributed by atoms with Crippen molar-refractivity contribution in [1.82, 2.24) is 0 Å². The van der Waals surface area contributed by atoms with Gasteiger partial charge < -0.3 is 22.8 Å². The molecule has 3 rings (SSSR count). The topological polar surface area (TPSA) is 36.1 Å². The normalized spacial score (nSPS) is 9.96. The van der Waals surface area contributed by atoms with Crippen LogP contribution in [0.5, 0.6) is 5.75 Å². The van der Waals surface area contributed by atoms with Gasteiger partial charge in [0.25, 0.3) is 0 Å². The molecule has 23 heavy (non-hydrogen) atoms. The van der Waals surface area contributed by atoms with Gasteiger partial charge in [0.05, 0.1) is 0 Å². The molecule has 0 aliphatic heterocycles. The van der Waals surface area contributed by atoms with Gasteiger partial charge in [-0.1, -0.05) is 24.3 Å². The van der Waals surface area contributed by atoms with Gasteiger partial charge in [-0.3, -0.25) is 0 Å².